The van der Waals surface area contributed by atoms with Gasteiger partial charge >= 0.3 is 0 Å². The largest absolute Gasteiger partial charge is 0.483 e. The maximum absolute atomic E-state index is 11.2. The van der Waals surface area contributed by atoms with Crippen molar-refractivity contribution in [2.24, 2.45) is 0 Å². The van der Waals surface area contributed by atoms with Crippen LogP contribution in [0.4, 0.5) is 0 Å². The topological polar surface area (TPSA) is 43.4 Å². The number of benzene rings is 1. The van der Waals surface area contributed by atoms with Gasteiger partial charge in [0, 0.05) is 27.2 Å². The van der Waals surface area contributed by atoms with E-state index in [4.69, 9.17) is 38.6 Å². The van der Waals surface area contributed by atoms with E-state index < -0.39 is 14.7 Å². The van der Waals surface area contributed by atoms with Crippen LogP contribution in [0.3, 0.4) is 0 Å². The summed E-state index contributed by atoms with van der Waals surface area (Å²) in [6.07, 6.45) is 3.91. The Morgan fingerprint density at radius 3 is 2.30 bits per heavy atom. The van der Waals surface area contributed by atoms with Crippen LogP contribution in [-0.4, -0.2) is 14.0 Å². The lowest BCUT2D eigenvalue weighted by Crippen LogP contribution is -2.31. The summed E-state index contributed by atoms with van der Waals surface area (Å²) in [4.78, 5) is 0.0202. The van der Waals surface area contributed by atoms with E-state index in [1.165, 1.54) is 24.3 Å². The zero-order chi connectivity index (χ0) is 15.0. The molecule has 0 amide bonds. The molecule has 2 rings (SSSR count). The van der Waals surface area contributed by atoms with E-state index in [-0.39, 0.29) is 4.90 Å². The van der Waals surface area contributed by atoms with Gasteiger partial charge in [-0.05, 0) is 43.3 Å². The Hall–Kier alpha value is -0.680. The molecule has 0 radical (unpaired) electrons. The molecule has 7 heteroatoms. The minimum absolute atomic E-state index is 0.0202. The Morgan fingerprint density at radius 2 is 1.80 bits per heavy atom. The van der Waals surface area contributed by atoms with E-state index in [0.29, 0.717) is 22.2 Å². The molecule has 1 atom stereocenters. The summed E-state index contributed by atoms with van der Waals surface area (Å²) in [6, 6.07) is 5.84. The molecule has 20 heavy (non-hydrogen) atoms. The minimum Gasteiger partial charge on any atom is -0.483 e. The molecule has 0 heterocycles. The van der Waals surface area contributed by atoms with E-state index in [1.54, 1.807) is 12.2 Å². The predicted molar refractivity (Wildman–Crippen MR) is 81.0 cm³/mol. The molecule has 1 aliphatic rings. The second-order valence-electron chi connectivity index (χ2n) is 4.62. The van der Waals surface area contributed by atoms with Gasteiger partial charge in [-0.2, -0.15) is 0 Å². The molecule has 1 aromatic carbocycles. The number of ether oxygens (including phenoxy) is 1. The highest BCUT2D eigenvalue weighted by molar-refractivity contribution is 8.13. The van der Waals surface area contributed by atoms with Crippen molar-refractivity contribution in [3.8, 4) is 5.75 Å². The zero-order valence-electron chi connectivity index (χ0n) is 10.4. The summed E-state index contributed by atoms with van der Waals surface area (Å²) in [6.45, 7) is 1.84. The van der Waals surface area contributed by atoms with E-state index in [1.807, 2.05) is 6.92 Å². The lowest BCUT2D eigenvalue weighted by molar-refractivity contribution is 0.141. The Balaban J connectivity index is 2.21. The van der Waals surface area contributed by atoms with E-state index in [9.17, 15) is 8.42 Å². The Labute approximate surface area is 132 Å². The molecule has 108 valence electrons. The fourth-order valence-corrected chi connectivity index (χ4v) is 3.50. The minimum atomic E-state index is -3.73. The first kappa shape index (κ1) is 15.7. The van der Waals surface area contributed by atoms with Crippen LogP contribution in [0.25, 0.3) is 0 Å². The fourth-order valence-electron chi connectivity index (χ4n) is 1.93. The molecule has 0 aliphatic heterocycles. The third kappa shape index (κ3) is 3.92. The van der Waals surface area contributed by atoms with Gasteiger partial charge in [0.25, 0.3) is 9.05 Å². The van der Waals surface area contributed by atoms with Crippen molar-refractivity contribution < 1.29 is 13.2 Å². The van der Waals surface area contributed by atoms with Crippen LogP contribution in [-0.2, 0) is 9.05 Å². The lowest BCUT2D eigenvalue weighted by Gasteiger charge is -2.30. The molecular formula is C13H11Cl3O3S. The Morgan fingerprint density at radius 1 is 1.20 bits per heavy atom. The first-order valence-corrected chi connectivity index (χ1v) is 8.73. The van der Waals surface area contributed by atoms with Crippen molar-refractivity contribution in [3.05, 3.63) is 46.5 Å². The van der Waals surface area contributed by atoms with Crippen molar-refractivity contribution in [3.63, 3.8) is 0 Å². The third-order valence-corrected chi connectivity index (χ3v) is 4.54. The fraction of sp³-hybridized carbons (Fsp3) is 0.231. The quantitative estimate of drug-likeness (QED) is 0.756. The molecule has 0 aromatic heterocycles. The van der Waals surface area contributed by atoms with Crippen molar-refractivity contribution >= 4 is 42.9 Å². The Kier molecular flexibility index (Phi) is 4.40. The van der Waals surface area contributed by atoms with Crippen molar-refractivity contribution in [2.75, 3.05) is 0 Å². The highest BCUT2D eigenvalue weighted by Crippen LogP contribution is 2.34. The van der Waals surface area contributed by atoms with Crippen molar-refractivity contribution in [1.82, 2.24) is 0 Å². The molecule has 0 fully saturated rings. The van der Waals surface area contributed by atoms with Gasteiger partial charge in [-0.25, -0.2) is 8.42 Å². The van der Waals surface area contributed by atoms with E-state index in [0.717, 1.165) is 0 Å². The first-order chi connectivity index (χ1) is 9.18. The van der Waals surface area contributed by atoms with Gasteiger partial charge in [0.15, 0.2) is 0 Å². The van der Waals surface area contributed by atoms with E-state index >= 15 is 0 Å². The average Bonchev–Trinajstić information content (AvgIpc) is 2.25. The van der Waals surface area contributed by atoms with Crippen LogP contribution in [0.2, 0.25) is 0 Å². The summed E-state index contributed by atoms with van der Waals surface area (Å²) in [5.74, 6) is 0.503. The molecular weight excluding hydrogens is 343 g/mol. The number of halogens is 3. The zero-order valence-corrected chi connectivity index (χ0v) is 13.5. The maximum atomic E-state index is 11.2. The molecule has 0 bridgehead atoms. The van der Waals surface area contributed by atoms with Crippen LogP contribution in [0.5, 0.6) is 5.75 Å². The molecule has 0 N–H and O–H groups in total. The maximum Gasteiger partial charge on any atom is 0.261 e. The molecule has 3 nitrogen and oxygen atoms in total. The highest BCUT2D eigenvalue weighted by Gasteiger charge is 2.28. The number of rotatable bonds is 3. The lowest BCUT2D eigenvalue weighted by atomic mass is 9.97. The van der Waals surface area contributed by atoms with Crippen molar-refractivity contribution in [1.29, 1.82) is 0 Å². The van der Waals surface area contributed by atoms with Gasteiger partial charge in [-0.1, -0.05) is 23.2 Å². The monoisotopic (exact) mass is 352 g/mol. The number of hydrogen-bond donors (Lipinski definition) is 0. The summed E-state index contributed by atoms with van der Waals surface area (Å²) in [5.41, 5.74) is -0.676. The van der Waals surface area contributed by atoms with Crippen LogP contribution in [0.1, 0.15) is 13.3 Å². The van der Waals surface area contributed by atoms with Gasteiger partial charge < -0.3 is 4.74 Å². The van der Waals surface area contributed by atoms with Crippen molar-refractivity contribution in [2.45, 2.75) is 23.8 Å². The summed E-state index contributed by atoms with van der Waals surface area (Å²) >= 11 is 12.0. The summed E-state index contributed by atoms with van der Waals surface area (Å²) in [7, 11) is 1.52. The van der Waals surface area contributed by atoms with Crippen LogP contribution >= 0.6 is 33.9 Å². The SMILES string of the molecule is CC1(Oc2ccc(S(=O)(=O)Cl)cc2)C=C(Cl)C=C(Cl)C1. The summed E-state index contributed by atoms with van der Waals surface area (Å²) in [5, 5.41) is 1.10. The highest BCUT2D eigenvalue weighted by atomic mass is 35.7. The van der Waals surface area contributed by atoms with Crippen LogP contribution in [0, 0.1) is 0 Å². The van der Waals surface area contributed by atoms with Gasteiger partial charge in [0.2, 0.25) is 0 Å². The second-order valence-corrected chi connectivity index (χ2v) is 8.11. The van der Waals surface area contributed by atoms with Gasteiger partial charge in [0.05, 0.1) is 4.90 Å². The van der Waals surface area contributed by atoms with Gasteiger partial charge in [-0.3, -0.25) is 0 Å². The molecule has 1 aliphatic carbocycles. The number of hydrogen-bond acceptors (Lipinski definition) is 3. The molecule has 0 spiro atoms. The van der Waals surface area contributed by atoms with Crippen LogP contribution < -0.4 is 4.74 Å². The van der Waals surface area contributed by atoms with Gasteiger partial charge in [0.1, 0.15) is 11.4 Å². The van der Waals surface area contributed by atoms with E-state index in [2.05, 4.69) is 0 Å². The second kappa shape index (κ2) is 5.60. The Bertz CT molecular complexity index is 677. The standard InChI is InChI=1S/C13H11Cl3O3S/c1-13(7-9(14)6-10(15)8-13)19-11-2-4-12(5-3-11)20(16,17)18/h2-7H,8H2,1H3. The average molecular weight is 354 g/mol. The predicted octanol–water partition coefficient (Wildman–Crippen LogP) is 4.40. The third-order valence-electron chi connectivity index (χ3n) is 2.71. The molecule has 1 aromatic rings. The first-order valence-electron chi connectivity index (χ1n) is 5.66. The summed E-state index contributed by atoms with van der Waals surface area (Å²) < 4.78 is 28.1. The van der Waals surface area contributed by atoms with Crippen LogP contribution in [0.15, 0.2) is 51.4 Å². The van der Waals surface area contributed by atoms with Gasteiger partial charge in [-0.15, -0.1) is 0 Å². The molecule has 0 saturated heterocycles. The number of allylic oxidation sites excluding steroid dienone is 2. The smallest absolute Gasteiger partial charge is 0.261 e. The normalized spacial score (nSPS) is 23.0. The molecule has 1 unspecified atom stereocenters. The molecule has 0 saturated carbocycles.